The average Bonchev–Trinajstić information content (AvgIpc) is 2.68. The first-order valence-electron chi connectivity index (χ1n) is 8.29. The Morgan fingerprint density at radius 2 is 1.82 bits per heavy atom. The molecule has 6 nitrogen and oxygen atoms in total. The van der Waals surface area contributed by atoms with Crippen LogP contribution in [0.4, 0.5) is 0 Å². The van der Waals surface area contributed by atoms with Crippen molar-refractivity contribution in [2.24, 2.45) is 10.3 Å². The molecule has 2 rings (SSSR count). The van der Waals surface area contributed by atoms with Crippen molar-refractivity contribution in [3.63, 3.8) is 0 Å². The zero-order valence-electron chi connectivity index (χ0n) is 16.0. The van der Waals surface area contributed by atoms with E-state index in [0.717, 1.165) is 11.1 Å². The van der Waals surface area contributed by atoms with Crippen LogP contribution in [0.3, 0.4) is 0 Å². The zero-order valence-corrected chi connectivity index (χ0v) is 17.5. The zero-order chi connectivity index (χ0) is 20.7. The number of aryl methyl sites for hydroxylation is 1. The smallest absolute Gasteiger partial charge is 0.360 e. The molecule has 0 amide bonds. The monoisotopic (exact) mass is 422 g/mol. The Kier molecular flexibility index (Phi) is 7.84. The molecule has 0 aromatic heterocycles. The average molecular weight is 423 g/mol. The third-order valence-corrected chi connectivity index (χ3v) is 4.52. The summed E-state index contributed by atoms with van der Waals surface area (Å²) >= 11 is 12.2. The van der Waals surface area contributed by atoms with Gasteiger partial charge in [0.05, 0.1) is 12.8 Å². The Bertz CT molecular complexity index is 926. The quantitative estimate of drug-likeness (QED) is 0.366. The topological polar surface area (TPSA) is 69.5 Å². The van der Waals surface area contributed by atoms with Crippen LogP contribution in [0, 0.1) is 6.92 Å². The highest BCUT2D eigenvalue weighted by Gasteiger charge is 2.20. The van der Waals surface area contributed by atoms with Gasteiger partial charge in [-0.3, -0.25) is 0 Å². The molecule has 2 aromatic carbocycles. The van der Waals surface area contributed by atoms with Gasteiger partial charge in [0.1, 0.15) is 13.7 Å². The van der Waals surface area contributed by atoms with E-state index in [2.05, 4.69) is 10.3 Å². The summed E-state index contributed by atoms with van der Waals surface area (Å²) in [5.41, 5.74) is 3.47. The highest BCUT2D eigenvalue weighted by Crippen LogP contribution is 2.22. The number of carbonyl (C=O) groups excluding carboxylic acids is 1. The van der Waals surface area contributed by atoms with Gasteiger partial charge in [-0.1, -0.05) is 51.7 Å². The van der Waals surface area contributed by atoms with E-state index in [1.54, 1.807) is 31.2 Å². The molecule has 0 N–H and O–H groups in total. The number of methoxy groups -OCH3 is 1. The third kappa shape index (κ3) is 5.24. The van der Waals surface area contributed by atoms with Crippen LogP contribution in [-0.2, 0) is 25.8 Å². The number of hydrogen-bond acceptors (Lipinski definition) is 6. The van der Waals surface area contributed by atoms with Gasteiger partial charge in [0.15, 0.2) is 5.71 Å². The fraction of sp³-hybridized carbons (Fsp3) is 0.250. The number of esters is 1. The molecule has 2 aromatic rings. The number of nitrogens with zero attached hydrogens (tertiary/aromatic N) is 2. The molecule has 0 saturated carbocycles. The highest BCUT2D eigenvalue weighted by atomic mass is 35.5. The maximum Gasteiger partial charge on any atom is 0.360 e. The second kappa shape index (κ2) is 10.1. The van der Waals surface area contributed by atoms with Crippen molar-refractivity contribution in [3.8, 4) is 0 Å². The van der Waals surface area contributed by atoms with Gasteiger partial charge >= 0.3 is 5.97 Å². The van der Waals surface area contributed by atoms with E-state index >= 15 is 0 Å². The molecule has 0 spiro atoms. The summed E-state index contributed by atoms with van der Waals surface area (Å²) in [6, 6.07) is 10.6. The Morgan fingerprint density at radius 1 is 1.07 bits per heavy atom. The fourth-order valence-corrected chi connectivity index (χ4v) is 2.94. The van der Waals surface area contributed by atoms with Crippen molar-refractivity contribution in [2.75, 3.05) is 14.2 Å². The van der Waals surface area contributed by atoms with E-state index in [1.807, 2.05) is 19.1 Å². The molecule has 0 aliphatic carbocycles. The summed E-state index contributed by atoms with van der Waals surface area (Å²) in [5, 5.41) is 9.00. The minimum Gasteiger partial charge on any atom is -0.464 e. The second-order valence-corrected chi connectivity index (χ2v) is 6.63. The summed E-state index contributed by atoms with van der Waals surface area (Å²) in [6.45, 7) is 3.77. The Balaban J connectivity index is 2.31. The summed E-state index contributed by atoms with van der Waals surface area (Å²) in [4.78, 5) is 22.4. The van der Waals surface area contributed by atoms with Crippen molar-refractivity contribution in [2.45, 2.75) is 20.5 Å². The van der Waals surface area contributed by atoms with Gasteiger partial charge in [-0.25, -0.2) is 4.79 Å². The molecule has 8 heteroatoms. The van der Waals surface area contributed by atoms with Crippen LogP contribution in [0.5, 0.6) is 0 Å². The predicted octanol–water partition coefficient (Wildman–Crippen LogP) is 4.77. The van der Waals surface area contributed by atoms with Crippen molar-refractivity contribution in [1.82, 2.24) is 0 Å². The molecule has 0 aliphatic heterocycles. The van der Waals surface area contributed by atoms with Gasteiger partial charge in [0.2, 0.25) is 0 Å². The molecule has 0 aliphatic rings. The molecule has 0 unspecified atom stereocenters. The van der Waals surface area contributed by atoms with E-state index in [9.17, 15) is 4.79 Å². The van der Waals surface area contributed by atoms with Crippen LogP contribution in [0.15, 0.2) is 46.7 Å². The molecule has 0 radical (unpaired) electrons. The van der Waals surface area contributed by atoms with Crippen molar-refractivity contribution >= 4 is 40.6 Å². The molecule has 0 fully saturated rings. The van der Waals surface area contributed by atoms with E-state index < -0.39 is 5.97 Å². The minimum absolute atomic E-state index is 0.0471. The van der Waals surface area contributed by atoms with E-state index in [-0.39, 0.29) is 12.3 Å². The second-order valence-electron chi connectivity index (χ2n) is 5.79. The number of benzene rings is 2. The largest absolute Gasteiger partial charge is 0.464 e. The van der Waals surface area contributed by atoms with Crippen LogP contribution in [0.2, 0.25) is 10.0 Å². The van der Waals surface area contributed by atoms with E-state index in [0.29, 0.717) is 26.9 Å². The lowest BCUT2D eigenvalue weighted by Crippen LogP contribution is -2.20. The van der Waals surface area contributed by atoms with Crippen molar-refractivity contribution in [3.05, 3.63) is 68.7 Å². The lowest BCUT2D eigenvalue weighted by atomic mass is 9.99. The first kappa shape index (κ1) is 21.7. The molecule has 0 bridgehead atoms. The molecule has 148 valence electrons. The number of halogens is 2. The molecular formula is C20H20Cl2N2O4. The summed E-state index contributed by atoms with van der Waals surface area (Å²) in [5.74, 6) is -0.612. The van der Waals surface area contributed by atoms with Crippen molar-refractivity contribution < 1.29 is 19.2 Å². The number of oxime groups is 2. The Labute approximate surface area is 173 Å². The number of rotatable bonds is 7. The van der Waals surface area contributed by atoms with Crippen LogP contribution in [0.1, 0.15) is 29.2 Å². The van der Waals surface area contributed by atoms with Crippen LogP contribution < -0.4 is 0 Å². The lowest BCUT2D eigenvalue weighted by molar-refractivity contribution is -0.132. The Hall–Kier alpha value is -2.57. The molecule has 0 saturated heterocycles. The van der Waals surface area contributed by atoms with Gasteiger partial charge in [-0.15, -0.1) is 0 Å². The molecule has 0 atom stereocenters. The normalized spacial score (nSPS) is 11.9. The number of carbonyl (C=O) groups is 1. The standard InChI is InChI=1S/C20H20Cl2N2O4/c1-12-6-5-7-15(19(24-27-4)20(25)26-3)17(12)11-28-23-13(2)16-10-14(21)8-9-18(16)22/h5-10H,11H2,1-4H3/b23-13+,24-19+. The lowest BCUT2D eigenvalue weighted by Gasteiger charge is -2.12. The van der Waals surface area contributed by atoms with Gasteiger partial charge in [0.25, 0.3) is 0 Å². The summed E-state index contributed by atoms with van der Waals surface area (Å²) in [6.07, 6.45) is 0. The number of ether oxygens (including phenoxy) is 1. The molecule has 28 heavy (non-hydrogen) atoms. The van der Waals surface area contributed by atoms with Gasteiger partial charge < -0.3 is 14.4 Å². The Morgan fingerprint density at radius 3 is 2.50 bits per heavy atom. The molecule has 0 heterocycles. The summed E-state index contributed by atoms with van der Waals surface area (Å²) in [7, 11) is 2.64. The van der Waals surface area contributed by atoms with Crippen LogP contribution in [-0.4, -0.2) is 31.6 Å². The predicted molar refractivity (Wildman–Crippen MR) is 110 cm³/mol. The first-order valence-corrected chi connectivity index (χ1v) is 9.05. The highest BCUT2D eigenvalue weighted by molar-refractivity contribution is 6.43. The SMILES string of the molecule is CO/N=C(/C(=O)OC)c1cccc(C)c1CO/N=C(\C)c1cc(Cl)ccc1Cl. The van der Waals surface area contributed by atoms with E-state index in [1.165, 1.54) is 14.2 Å². The fourth-order valence-electron chi connectivity index (χ4n) is 2.52. The number of hydrogen-bond donors (Lipinski definition) is 0. The maximum absolute atomic E-state index is 12.1. The van der Waals surface area contributed by atoms with Crippen molar-refractivity contribution in [1.29, 1.82) is 0 Å². The van der Waals surface area contributed by atoms with Gasteiger partial charge in [-0.2, -0.15) is 0 Å². The molecular weight excluding hydrogens is 403 g/mol. The minimum atomic E-state index is -0.612. The summed E-state index contributed by atoms with van der Waals surface area (Å²) < 4.78 is 4.79. The van der Waals surface area contributed by atoms with Gasteiger partial charge in [-0.05, 0) is 37.6 Å². The van der Waals surface area contributed by atoms with E-state index in [4.69, 9.17) is 37.6 Å². The first-order chi connectivity index (χ1) is 13.4. The van der Waals surface area contributed by atoms with Crippen LogP contribution in [0.25, 0.3) is 0 Å². The van der Waals surface area contributed by atoms with Gasteiger partial charge in [0, 0.05) is 26.7 Å². The van der Waals surface area contributed by atoms with Crippen LogP contribution >= 0.6 is 23.2 Å². The maximum atomic E-state index is 12.1. The third-order valence-electron chi connectivity index (χ3n) is 3.96.